The van der Waals surface area contributed by atoms with Gasteiger partial charge in [-0.05, 0) is 12.1 Å². The van der Waals surface area contributed by atoms with Crippen LogP contribution in [0.1, 0.15) is 5.56 Å². The Balaban J connectivity index is 1.98. The number of benzene rings is 1. The minimum absolute atomic E-state index is 0.308. The predicted molar refractivity (Wildman–Crippen MR) is 75.4 cm³/mol. The Bertz CT molecular complexity index is 656. The second-order valence-corrected chi connectivity index (χ2v) is 4.19. The molecule has 0 radical (unpaired) electrons. The van der Waals surface area contributed by atoms with E-state index in [4.69, 9.17) is 9.84 Å². The number of para-hydroxylation sites is 1. The molecular formula is C13H12N4O5. The summed E-state index contributed by atoms with van der Waals surface area (Å²) in [5.41, 5.74) is 4.82. The fraction of sp³-hybridized carbons (Fsp3) is 0.154. The van der Waals surface area contributed by atoms with Crippen molar-refractivity contribution in [2.45, 2.75) is 0 Å². The third-order valence-corrected chi connectivity index (χ3v) is 2.61. The molecule has 1 aromatic rings. The molecule has 0 spiro atoms. The Morgan fingerprint density at radius 3 is 2.91 bits per heavy atom. The summed E-state index contributed by atoms with van der Waals surface area (Å²) in [5, 5.41) is 15.8. The summed E-state index contributed by atoms with van der Waals surface area (Å²) in [6, 6.07) is 6.58. The van der Waals surface area contributed by atoms with E-state index >= 15 is 0 Å². The maximum Gasteiger partial charge on any atom is 0.341 e. The van der Waals surface area contributed by atoms with Crippen LogP contribution in [0.15, 0.2) is 34.5 Å². The molecule has 114 valence electrons. The quantitative estimate of drug-likeness (QED) is 0.365. The molecule has 1 aliphatic rings. The molecule has 0 unspecified atom stereocenters. The molecule has 0 saturated heterocycles. The van der Waals surface area contributed by atoms with Crippen molar-refractivity contribution >= 4 is 30.2 Å². The van der Waals surface area contributed by atoms with E-state index < -0.39 is 30.3 Å². The van der Waals surface area contributed by atoms with Crippen molar-refractivity contribution in [1.82, 2.24) is 10.9 Å². The van der Waals surface area contributed by atoms with Gasteiger partial charge < -0.3 is 9.84 Å². The van der Waals surface area contributed by atoms with E-state index in [0.717, 1.165) is 0 Å². The Morgan fingerprint density at radius 2 is 2.23 bits per heavy atom. The highest BCUT2D eigenvalue weighted by atomic mass is 16.5. The summed E-state index contributed by atoms with van der Waals surface area (Å²) in [5.74, 6) is -2.97. The lowest BCUT2D eigenvalue weighted by Gasteiger charge is -2.06. The highest BCUT2D eigenvalue weighted by Gasteiger charge is 2.28. The van der Waals surface area contributed by atoms with Crippen molar-refractivity contribution in [2.75, 3.05) is 6.61 Å². The minimum Gasteiger partial charge on any atom is -0.481 e. The number of carboxylic acid groups (broad SMARTS) is 1. The van der Waals surface area contributed by atoms with Crippen LogP contribution in [0.4, 0.5) is 0 Å². The lowest BCUT2D eigenvalue weighted by molar-refractivity contribution is -0.139. The Morgan fingerprint density at radius 1 is 1.45 bits per heavy atom. The predicted octanol–water partition coefficient (Wildman–Crippen LogP) is -0.668. The number of amides is 2. The van der Waals surface area contributed by atoms with Gasteiger partial charge in [0.1, 0.15) is 5.75 Å². The number of carbonyl (C=O) groups is 3. The lowest BCUT2D eigenvalue weighted by atomic mass is 10.1. The minimum atomic E-state index is -1.11. The first-order chi connectivity index (χ1) is 10.6. The topological polar surface area (TPSA) is 129 Å². The van der Waals surface area contributed by atoms with Gasteiger partial charge in [-0.15, -0.1) is 0 Å². The van der Waals surface area contributed by atoms with Crippen LogP contribution in [0.25, 0.3) is 0 Å². The number of rotatable bonds is 6. The van der Waals surface area contributed by atoms with E-state index in [9.17, 15) is 14.4 Å². The van der Waals surface area contributed by atoms with Gasteiger partial charge in [0.15, 0.2) is 12.5 Å². The average Bonchev–Trinajstić information content (AvgIpc) is 2.92. The van der Waals surface area contributed by atoms with Gasteiger partial charge in [-0.1, -0.05) is 12.1 Å². The number of hydrogen-bond acceptors (Lipinski definition) is 6. The van der Waals surface area contributed by atoms with Crippen LogP contribution < -0.4 is 15.6 Å². The number of nitrogens with zero attached hydrogens (tertiary/aromatic N) is 2. The van der Waals surface area contributed by atoms with Gasteiger partial charge >= 0.3 is 5.97 Å². The average molecular weight is 304 g/mol. The zero-order valence-corrected chi connectivity index (χ0v) is 11.2. The monoisotopic (exact) mass is 304 g/mol. The summed E-state index contributed by atoms with van der Waals surface area (Å²) in [7, 11) is 0. The fourth-order valence-corrected chi connectivity index (χ4v) is 1.59. The molecule has 0 saturated carbocycles. The van der Waals surface area contributed by atoms with Crippen LogP contribution in [0.2, 0.25) is 0 Å². The number of carbonyl (C=O) groups excluding carboxylic acids is 2. The van der Waals surface area contributed by atoms with E-state index in [2.05, 4.69) is 21.1 Å². The number of nitrogens with one attached hydrogen (secondary N) is 2. The van der Waals surface area contributed by atoms with Gasteiger partial charge in [0.05, 0.1) is 6.21 Å². The van der Waals surface area contributed by atoms with Crippen molar-refractivity contribution in [2.24, 2.45) is 16.1 Å². The molecule has 2 rings (SSSR count). The highest BCUT2D eigenvalue weighted by Crippen LogP contribution is 2.15. The van der Waals surface area contributed by atoms with Crippen LogP contribution in [0.5, 0.6) is 5.75 Å². The normalized spacial score (nSPS) is 16.5. The summed E-state index contributed by atoms with van der Waals surface area (Å²) >= 11 is 0. The second kappa shape index (κ2) is 6.97. The van der Waals surface area contributed by atoms with Gasteiger partial charge in [0.2, 0.25) is 0 Å². The van der Waals surface area contributed by atoms with Gasteiger partial charge in [-0.2, -0.15) is 10.2 Å². The Hall–Kier alpha value is -3.23. The van der Waals surface area contributed by atoms with E-state index in [1.165, 1.54) is 12.4 Å². The van der Waals surface area contributed by atoms with Crippen LogP contribution in [-0.4, -0.2) is 41.9 Å². The van der Waals surface area contributed by atoms with Crippen molar-refractivity contribution in [3.63, 3.8) is 0 Å². The molecule has 0 aromatic heterocycles. The summed E-state index contributed by atoms with van der Waals surface area (Å²) in [6.45, 7) is -0.490. The van der Waals surface area contributed by atoms with Crippen LogP contribution in [0.3, 0.4) is 0 Å². The van der Waals surface area contributed by atoms with E-state index in [0.29, 0.717) is 11.3 Å². The number of hydrazone groups is 2. The van der Waals surface area contributed by atoms with Crippen molar-refractivity contribution in [3.05, 3.63) is 29.8 Å². The van der Waals surface area contributed by atoms with E-state index in [1.54, 1.807) is 24.3 Å². The first kappa shape index (κ1) is 15.2. The molecular weight excluding hydrogens is 292 g/mol. The smallest absolute Gasteiger partial charge is 0.341 e. The molecule has 1 aliphatic heterocycles. The second-order valence-electron chi connectivity index (χ2n) is 4.19. The van der Waals surface area contributed by atoms with Crippen LogP contribution in [-0.2, 0) is 14.4 Å². The third-order valence-electron chi connectivity index (χ3n) is 2.61. The molecule has 1 heterocycles. The lowest BCUT2D eigenvalue weighted by Crippen LogP contribution is -2.34. The zero-order chi connectivity index (χ0) is 15.9. The molecule has 22 heavy (non-hydrogen) atoms. The highest BCUT2D eigenvalue weighted by molar-refractivity contribution is 6.15. The van der Waals surface area contributed by atoms with Crippen molar-refractivity contribution in [1.29, 1.82) is 0 Å². The molecule has 1 atom stereocenters. The fourth-order valence-electron chi connectivity index (χ4n) is 1.59. The van der Waals surface area contributed by atoms with Gasteiger partial charge in [-0.3, -0.25) is 9.59 Å². The van der Waals surface area contributed by atoms with E-state index in [1.807, 2.05) is 0 Å². The Labute approximate surface area is 124 Å². The standard InChI is InChI=1S/C13H12N4O5/c18-11(19)7-22-10-4-2-1-3-8(10)5-14-16-12(20)9-6-15-17-13(9)21/h1-6,9H,7H2,(H,16,20)(H,17,21)(H,18,19)/b14-5-/t9-/m1/s1. The molecule has 0 bridgehead atoms. The molecule has 2 amide bonds. The molecule has 0 fully saturated rings. The number of hydrogen-bond donors (Lipinski definition) is 3. The summed E-state index contributed by atoms with van der Waals surface area (Å²) in [4.78, 5) is 33.4. The molecule has 9 nitrogen and oxygen atoms in total. The first-order valence-electron chi connectivity index (χ1n) is 6.17. The largest absolute Gasteiger partial charge is 0.481 e. The molecule has 1 aromatic carbocycles. The Kier molecular flexibility index (Phi) is 4.81. The van der Waals surface area contributed by atoms with Crippen LogP contribution in [0, 0.1) is 5.92 Å². The molecule has 9 heteroatoms. The van der Waals surface area contributed by atoms with Gasteiger partial charge in [-0.25, -0.2) is 15.6 Å². The summed E-state index contributed by atoms with van der Waals surface area (Å²) in [6.07, 6.45) is 2.47. The van der Waals surface area contributed by atoms with Crippen molar-refractivity contribution < 1.29 is 24.2 Å². The number of carboxylic acids is 1. The van der Waals surface area contributed by atoms with Crippen LogP contribution >= 0.6 is 0 Å². The molecule has 3 N–H and O–H groups in total. The summed E-state index contributed by atoms with van der Waals surface area (Å²) < 4.78 is 5.08. The van der Waals surface area contributed by atoms with E-state index in [-0.39, 0.29) is 0 Å². The van der Waals surface area contributed by atoms with Gasteiger partial charge in [0.25, 0.3) is 11.8 Å². The number of ether oxygens (including phenoxy) is 1. The SMILES string of the molecule is O=C(O)COc1ccccc1/C=N\NC(=O)[C@H]1C=NNC1=O. The third kappa shape index (κ3) is 3.88. The maximum atomic E-state index is 11.7. The maximum absolute atomic E-state index is 11.7. The zero-order valence-electron chi connectivity index (χ0n) is 11.2. The molecule has 0 aliphatic carbocycles. The number of aliphatic carboxylic acids is 1. The van der Waals surface area contributed by atoms with Crippen molar-refractivity contribution in [3.8, 4) is 5.75 Å². The first-order valence-corrected chi connectivity index (χ1v) is 6.17. The van der Waals surface area contributed by atoms with Gasteiger partial charge in [0, 0.05) is 11.8 Å².